The Bertz CT molecular complexity index is 565. The van der Waals surface area contributed by atoms with Crippen molar-refractivity contribution in [1.29, 1.82) is 0 Å². The van der Waals surface area contributed by atoms with E-state index < -0.39 is 0 Å². The van der Waals surface area contributed by atoms with Crippen molar-refractivity contribution in [3.05, 3.63) is 34.9 Å². The van der Waals surface area contributed by atoms with Crippen molar-refractivity contribution in [1.82, 2.24) is 4.98 Å². The van der Waals surface area contributed by atoms with E-state index in [4.69, 9.17) is 0 Å². The van der Waals surface area contributed by atoms with E-state index in [1.165, 1.54) is 11.1 Å². The smallest absolute Gasteiger partial charge is 0.0734 e. The summed E-state index contributed by atoms with van der Waals surface area (Å²) in [6.45, 7) is 1.83. The summed E-state index contributed by atoms with van der Waals surface area (Å²) in [5, 5.41) is 10.8. The largest absolute Gasteiger partial charge is 0.393 e. The number of pyridine rings is 1. The molecular formula is C14H15BrN2O. The van der Waals surface area contributed by atoms with Crippen molar-refractivity contribution in [3.63, 3.8) is 0 Å². The fourth-order valence-corrected chi connectivity index (χ4v) is 2.84. The minimum absolute atomic E-state index is 0.136. The van der Waals surface area contributed by atoms with Crippen LogP contribution in [0.1, 0.15) is 12.8 Å². The number of hydrogen-bond donors (Lipinski definition) is 1. The zero-order chi connectivity index (χ0) is 12.5. The zero-order valence-electron chi connectivity index (χ0n) is 10.0. The summed E-state index contributed by atoms with van der Waals surface area (Å²) in [4.78, 5) is 6.74. The predicted molar refractivity (Wildman–Crippen MR) is 76.9 cm³/mol. The fourth-order valence-electron chi connectivity index (χ4n) is 2.49. The van der Waals surface area contributed by atoms with Gasteiger partial charge < -0.3 is 10.0 Å². The van der Waals surface area contributed by atoms with Crippen LogP contribution in [0.4, 0.5) is 5.69 Å². The van der Waals surface area contributed by atoms with Crippen molar-refractivity contribution < 1.29 is 5.11 Å². The van der Waals surface area contributed by atoms with E-state index in [1.807, 2.05) is 18.3 Å². The standard InChI is InChI=1S/C14H15BrN2O/c15-10-1-2-12-13(9-10)16-6-3-14(12)17-7-4-11(18)5-8-17/h1-3,6,9,11,18H,4-5,7-8H2. The first-order valence-electron chi connectivity index (χ1n) is 6.21. The average molecular weight is 307 g/mol. The maximum Gasteiger partial charge on any atom is 0.0734 e. The van der Waals surface area contributed by atoms with Crippen LogP contribution in [0.3, 0.4) is 0 Å². The molecule has 1 N–H and O–H groups in total. The van der Waals surface area contributed by atoms with E-state index in [2.05, 4.69) is 37.9 Å². The molecule has 1 aromatic heterocycles. The van der Waals surface area contributed by atoms with Gasteiger partial charge in [0.1, 0.15) is 0 Å². The van der Waals surface area contributed by atoms with Crippen LogP contribution in [0.2, 0.25) is 0 Å². The lowest BCUT2D eigenvalue weighted by Crippen LogP contribution is -2.35. The average Bonchev–Trinajstić information content (AvgIpc) is 2.38. The van der Waals surface area contributed by atoms with Crippen molar-refractivity contribution in [2.24, 2.45) is 0 Å². The number of aliphatic hydroxyl groups excluding tert-OH is 1. The van der Waals surface area contributed by atoms with E-state index in [1.54, 1.807) is 0 Å². The zero-order valence-corrected chi connectivity index (χ0v) is 11.6. The number of aliphatic hydroxyl groups is 1. The van der Waals surface area contributed by atoms with Gasteiger partial charge in [-0.1, -0.05) is 15.9 Å². The molecule has 0 spiro atoms. The first-order chi connectivity index (χ1) is 8.74. The van der Waals surface area contributed by atoms with Gasteiger partial charge in [-0.15, -0.1) is 0 Å². The van der Waals surface area contributed by atoms with Crippen molar-refractivity contribution >= 4 is 32.5 Å². The van der Waals surface area contributed by atoms with Crippen LogP contribution < -0.4 is 4.90 Å². The third kappa shape index (κ3) is 2.22. The molecule has 94 valence electrons. The van der Waals surface area contributed by atoms with Crippen LogP contribution in [0, 0.1) is 0 Å². The molecular weight excluding hydrogens is 292 g/mol. The summed E-state index contributed by atoms with van der Waals surface area (Å²) in [6, 6.07) is 8.25. The lowest BCUT2D eigenvalue weighted by molar-refractivity contribution is 0.145. The van der Waals surface area contributed by atoms with Gasteiger partial charge in [-0.05, 0) is 37.1 Å². The van der Waals surface area contributed by atoms with Gasteiger partial charge in [0.15, 0.2) is 0 Å². The van der Waals surface area contributed by atoms with Gasteiger partial charge in [0.2, 0.25) is 0 Å². The molecule has 1 aliphatic rings. The van der Waals surface area contributed by atoms with Crippen molar-refractivity contribution in [2.45, 2.75) is 18.9 Å². The molecule has 0 unspecified atom stereocenters. The number of nitrogens with zero attached hydrogens (tertiary/aromatic N) is 2. The second-order valence-electron chi connectivity index (χ2n) is 4.71. The molecule has 3 rings (SSSR count). The Balaban J connectivity index is 2.01. The molecule has 1 aromatic carbocycles. The molecule has 0 radical (unpaired) electrons. The molecule has 0 atom stereocenters. The molecule has 0 bridgehead atoms. The Hall–Kier alpha value is -1.13. The van der Waals surface area contributed by atoms with E-state index in [9.17, 15) is 5.11 Å². The van der Waals surface area contributed by atoms with Crippen molar-refractivity contribution in [3.8, 4) is 0 Å². The summed E-state index contributed by atoms with van der Waals surface area (Å²) in [6.07, 6.45) is 3.42. The highest BCUT2D eigenvalue weighted by Gasteiger charge is 2.18. The number of fused-ring (bicyclic) bond motifs is 1. The number of hydrogen-bond acceptors (Lipinski definition) is 3. The molecule has 3 nitrogen and oxygen atoms in total. The maximum atomic E-state index is 9.58. The third-order valence-corrected chi connectivity index (χ3v) is 3.98. The highest BCUT2D eigenvalue weighted by molar-refractivity contribution is 9.10. The Labute approximate surface area is 115 Å². The van der Waals surface area contributed by atoms with Gasteiger partial charge in [0.25, 0.3) is 0 Å². The van der Waals surface area contributed by atoms with Crippen LogP contribution in [0.25, 0.3) is 10.9 Å². The summed E-state index contributed by atoms with van der Waals surface area (Å²) in [5.74, 6) is 0. The lowest BCUT2D eigenvalue weighted by atomic mass is 10.1. The van der Waals surface area contributed by atoms with E-state index in [0.29, 0.717) is 0 Å². The predicted octanol–water partition coefficient (Wildman–Crippen LogP) is 2.96. The first kappa shape index (κ1) is 11.9. The molecule has 1 aliphatic heterocycles. The van der Waals surface area contributed by atoms with Crippen LogP contribution in [0.5, 0.6) is 0 Å². The van der Waals surface area contributed by atoms with Gasteiger partial charge in [0, 0.05) is 34.8 Å². The van der Waals surface area contributed by atoms with E-state index in [-0.39, 0.29) is 6.10 Å². The Morgan fingerprint density at radius 1 is 1.22 bits per heavy atom. The summed E-state index contributed by atoms with van der Waals surface area (Å²) < 4.78 is 1.05. The van der Waals surface area contributed by atoms with Gasteiger partial charge in [-0.3, -0.25) is 4.98 Å². The quantitative estimate of drug-likeness (QED) is 0.880. The van der Waals surface area contributed by atoms with Crippen LogP contribution in [-0.2, 0) is 0 Å². The minimum atomic E-state index is -0.136. The molecule has 1 saturated heterocycles. The number of anilines is 1. The van der Waals surface area contributed by atoms with Gasteiger partial charge in [0.05, 0.1) is 11.6 Å². The Kier molecular flexibility index (Phi) is 3.22. The van der Waals surface area contributed by atoms with Gasteiger partial charge in [-0.25, -0.2) is 0 Å². The molecule has 1 fully saturated rings. The van der Waals surface area contributed by atoms with E-state index in [0.717, 1.165) is 35.9 Å². The fraction of sp³-hybridized carbons (Fsp3) is 0.357. The summed E-state index contributed by atoms with van der Waals surface area (Å²) in [7, 11) is 0. The number of benzene rings is 1. The van der Waals surface area contributed by atoms with Crippen LogP contribution >= 0.6 is 15.9 Å². The second kappa shape index (κ2) is 4.86. The monoisotopic (exact) mass is 306 g/mol. The molecule has 0 aliphatic carbocycles. The molecule has 0 amide bonds. The molecule has 18 heavy (non-hydrogen) atoms. The number of rotatable bonds is 1. The highest BCUT2D eigenvalue weighted by Crippen LogP contribution is 2.29. The SMILES string of the molecule is OC1CCN(c2ccnc3cc(Br)ccc23)CC1. The van der Waals surface area contributed by atoms with Gasteiger partial charge >= 0.3 is 0 Å². The Morgan fingerprint density at radius 2 is 2.00 bits per heavy atom. The number of piperidine rings is 1. The Morgan fingerprint density at radius 3 is 2.78 bits per heavy atom. The molecule has 0 saturated carbocycles. The number of halogens is 1. The second-order valence-corrected chi connectivity index (χ2v) is 5.63. The summed E-state index contributed by atoms with van der Waals surface area (Å²) >= 11 is 3.47. The van der Waals surface area contributed by atoms with Crippen LogP contribution in [-0.4, -0.2) is 29.3 Å². The normalized spacial score (nSPS) is 17.3. The molecule has 2 aromatic rings. The maximum absolute atomic E-state index is 9.58. The topological polar surface area (TPSA) is 36.4 Å². The highest BCUT2D eigenvalue weighted by atomic mass is 79.9. The molecule has 2 heterocycles. The minimum Gasteiger partial charge on any atom is -0.393 e. The molecule has 4 heteroatoms. The van der Waals surface area contributed by atoms with Crippen molar-refractivity contribution in [2.75, 3.05) is 18.0 Å². The van der Waals surface area contributed by atoms with Crippen LogP contribution in [0.15, 0.2) is 34.9 Å². The third-order valence-electron chi connectivity index (χ3n) is 3.49. The van der Waals surface area contributed by atoms with E-state index >= 15 is 0 Å². The summed E-state index contributed by atoms with van der Waals surface area (Å²) in [5.41, 5.74) is 2.23. The van der Waals surface area contributed by atoms with Gasteiger partial charge in [-0.2, -0.15) is 0 Å². The first-order valence-corrected chi connectivity index (χ1v) is 7.00. The number of aromatic nitrogens is 1. The lowest BCUT2D eigenvalue weighted by Gasteiger charge is -2.32.